The number of nitrogens with zero attached hydrogens (tertiary/aromatic N) is 3. The highest BCUT2D eigenvalue weighted by atomic mass is 32.1. The summed E-state index contributed by atoms with van der Waals surface area (Å²) in [7, 11) is 0. The van der Waals surface area contributed by atoms with E-state index in [2.05, 4.69) is 22.7 Å². The molecule has 1 aliphatic heterocycles. The molecule has 7 heteroatoms. The van der Waals surface area contributed by atoms with Crippen LogP contribution in [-0.4, -0.2) is 25.8 Å². The van der Waals surface area contributed by atoms with Gasteiger partial charge in [-0.15, -0.1) is 0 Å². The molecule has 1 aromatic heterocycles. The Labute approximate surface area is 137 Å². The van der Waals surface area contributed by atoms with Crippen LogP contribution in [0.1, 0.15) is 53.9 Å². The van der Waals surface area contributed by atoms with Crippen molar-refractivity contribution >= 4 is 18.6 Å². The predicted molar refractivity (Wildman–Crippen MR) is 84.1 cm³/mol. The Morgan fingerprint density at radius 1 is 1.39 bits per heavy atom. The van der Waals surface area contributed by atoms with Crippen LogP contribution in [0.4, 0.5) is 4.39 Å². The first kappa shape index (κ1) is 14.7. The second-order valence-electron chi connectivity index (χ2n) is 6.27. The van der Waals surface area contributed by atoms with Gasteiger partial charge in [-0.1, -0.05) is 30.3 Å². The molecule has 2 aromatic rings. The third-order valence-electron chi connectivity index (χ3n) is 4.85. The highest BCUT2D eigenvalue weighted by Crippen LogP contribution is 2.57. The maximum atomic E-state index is 14.3. The number of fused-ring (bicyclic) bond motifs is 1. The molecule has 4 rings (SSSR count). The van der Waals surface area contributed by atoms with Crippen LogP contribution in [0.5, 0.6) is 0 Å². The van der Waals surface area contributed by atoms with Crippen LogP contribution >= 0.6 is 12.6 Å². The maximum absolute atomic E-state index is 14.3. The summed E-state index contributed by atoms with van der Waals surface area (Å²) in [6.45, 7) is 0. The van der Waals surface area contributed by atoms with E-state index >= 15 is 0 Å². The molecule has 1 aromatic carbocycles. The van der Waals surface area contributed by atoms with E-state index in [9.17, 15) is 14.3 Å². The van der Waals surface area contributed by atoms with E-state index in [1.54, 1.807) is 4.68 Å². The number of carboxylic acids is 1. The van der Waals surface area contributed by atoms with E-state index in [4.69, 9.17) is 0 Å². The molecule has 3 atom stereocenters. The molecule has 0 amide bonds. The van der Waals surface area contributed by atoms with Crippen LogP contribution in [0.15, 0.2) is 30.3 Å². The van der Waals surface area contributed by atoms with Gasteiger partial charge in [-0.2, -0.15) is 17.7 Å². The molecular formula is C16H16FN3O2S. The van der Waals surface area contributed by atoms with Gasteiger partial charge < -0.3 is 5.11 Å². The summed E-state index contributed by atoms with van der Waals surface area (Å²) in [6.07, 6.45) is 0.228. The summed E-state index contributed by atoms with van der Waals surface area (Å²) in [5.41, 5.74) is 0.0697. The van der Waals surface area contributed by atoms with Crippen LogP contribution in [0.3, 0.4) is 0 Å². The standard InChI is InChI=1S/C16H16FN3O2S/c17-10-8-11(9-4-2-1-3-5-9)20-14(10)18-13(19-20)12(23)16(6-7-16)15(21)22/h1-5,10-12,23H,6-8H2,(H,21,22)/t10-,11-,12?/m0/s1. The van der Waals surface area contributed by atoms with Crippen molar-refractivity contribution in [3.63, 3.8) is 0 Å². The van der Waals surface area contributed by atoms with E-state index in [1.165, 1.54) is 0 Å². The van der Waals surface area contributed by atoms with Gasteiger partial charge in [-0.25, -0.2) is 14.1 Å². The average molecular weight is 333 g/mol. The van der Waals surface area contributed by atoms with Gasteiger partial charge in [-0.3, -0.25) is 4.79 Å². The molecule has 2 heterocycles. The summed E-state index contributed by atoms with van der Waals surface area (Å²) in [5, 5.41) is 13.2. The number of rotatable bonds is 4. The van der Waals surface area contributed by atoms with Gasteiger partial charge in [0.15, 0.2) is 17.8 Å². The van der Waals surface area contributed by atoms with Crippen LogP contribution in [0.2, 0.25) is 0 Å². The Hall–Kier alpha value is -1.89. The van der Waals surface area contributed by atoms with Crippen molar-refractivity contribution in [3.05, 3.63) is 47.5 Å². The number of halogens is 1. The molecule has 5 nitrogen and oxygen atoms in total. The number of aromatic nitrogens is 3. The molecule has 1 fully saturated rings. The van der Waals surface area contributed by atoms with Gasteiger partial charge in [0, 0.05) is 6.42 Å². The molecule has 0 radical (unpaired) electrons. The SMILES string of the molecule is O=C(O)C1(C(S)c2nc3n(n2)[C@H](c2ccccc2)C[C@@H]3F)CC1. The normalized spacial score (nSPS) is 25.8. The Kier molecular flexibility index (Phi) is 3.23. The summed E-state index contributed by atoms with van der Waals surface area (Å²) >= 11 is 4.43. The molecular weight excluding hydrogens is 317 g/mol. The van der Waals surface area contributed by atoms with Crippen LogP contribution in [0, 0.1) is 5.41 Å². The summed E-state index contributed by atoms with van der Waals surface area (Å²) in [6, 6.07) is 9.39. The number of hydrogen-bond acceptors (Lipinski definition) is 4. The van der Waals surface area contributed by atoms with Gasteiger partial charge in [0.25, 0.3) is 0 Å². The lowest BCUT2D eigenvalue weighted by Crippen LogP contribution is -2.21. The third-order valence-corrected chi connectivity index (χ3v) is 5.57. The van der Waals surface area contributed by atoms with Gasteiger partial charge >= 0.3 is 5.97 Å². The predicted octanol–water partition coefficient (Wildman–Crippen LogP) is 3.12. The highest BCUT2D eigenvalue weighted by Gasteiger charge is 2.57. The van der Waals surface area contributed by atoms with Gasteiger partial charge in [0.2, 0.25) is 0 Å². The topological polar surface area (TPSA) is 68.0 Å². The average Bonchev–Trinajstić information content (AvgIpc) is 3.16. The summed E-state index contributed by atoms with van der Waals surface area (Å²) in [5.74, 6) is -0.301. The fourth-order valence-electron chi connectivity index (χ4n) is 3.25. The van der Waals surface area contributed by atoms with Crippen molar-refractivity contribution in [3.8, 4) is 0 Å². The monoisotopic (exact) mass is 333 g/mol. The van der Waals surface area contributed by atoms with Gasteiger partial charge in [-0.05, 0) is 18.4 Å². The largest absolute Gasteiger partial charge is 0.481 e. The van der Waals surface area contributed by atoms with Crippen LogP contribution in [-0.2, 0) is 4.79 Å². The van der Waals surface area contributed by atoms with Crippen molar-refractivity contribution in [2.45, 2.75) is 36.7 Å². The highest BCUT2D eigenvalue weighted by molar-refractivity contribution is 7.80. The number of carbonyl (C=O) groups is 1. The molecule has 120 valence electrons. The number of benzene rings is 1. The third kappa shape index (κ3) is 2.17. The minimum absolute atomic E-state index is 0.206. The van der Waals surface area contributed by atoms with E-state index in [-0.39, 0.29) is 11.9 Å². The lowest BCUT2D eigenvalue weighted by atomic mass is 10.0. The van der Waals surface area contributed by atoms with Crippen LogP contribution in [0.25, 0.3) is 0 Å². The zero-order chi connectivity index (χ0) is 16.2. The lowest BCUT2D eigenvalue weighted by Gasteiger charge is -2.16. The van der Waals surface area contributed by atoms with E-state index < -0.39 is 22.8 Å². The molecule has 0 saturated heterocycles. The first-order valence-corrected chi connectivity index (χ1v) is 8.11. The smallest absolute Gasteiger partial charge is 0.311 e. The maximum Gasteiger partial charge on any atom is 0.311 e. The molecule has 1 N–H and O–H groups in total. The summed E-state index contributed by atoms with van der Waals surface area (Å²) < 4.78 is 15.9. The van der Waals surface area contributed by atoms with Crippen molar-refractivity contribution in [2.75, 3.05) is 0 Å². The van der Waals surface area contributed by atoms with Crippen molar-refractivity contribution in [2.24, 2.45) is 5.41 Å². The number of aliphatic carboxylic acids is 1. The van der Waals surface area contributed by atoms with E-state index in [1.807, 2.05) is 30.3 Å². The van der Waals surface area contributed by atoms with Crippen molar-refractivity contribution in [1.82, 2.24) is 14.8 Å². The first-order chi connectivity index (χ1) is 11.0. The van der Waals surface area contributed by atoms with Crippen molar-refractivity contribution < 1.29 is 14.3 Å². The number of carboxylic acid groups (broad SMARTS) is 1. The zero-order valence-electron chi connectivity index (χ0n) is 12.3. The fourth-order valence-corrected chi connectivity index (χ4v) is 3.73. The van der Waals surface area contributed by atoms with Gasteiger partial charge in [0.1, 0.15) is 0 Å². The minimum Gasteiger partial charge on any atom is -0.481 e. The molecule has 1 aliphatic carbocycles. The number of hydrogen-bond donors (Lipinski definition) is 2. The quantitative estimate of drug-likeness (QED) is 0.844. The van der Waals surface area contributed by atoms with Gasteiger partial charge in [0.05, 0.1) is 16.7 Å². The number of thiol groups is 1. The molecule has 23 heavy (non-hydrogen) atoms. The fraction of sp³-hybridized carbons (Fsp3) is 0.438. The lowest BCUT2D eigenvalue weighted by molar-refractivity contribution is -0.143. The first-order valence-electron chi connectivity index (χ1n) is 7.60. The number of alkyl halides is 1. The minimum atomic E-state index is -1.19. The van der Waals surface area contributed by atoms with Crippen molar-refractivity contribution in [1.29, 1.82) is 0 Å². The molecule has 1 saturated carbocycles. The second-order valence-corrected chi connectivity index (χ2v) is 6.78. The van der Waals surface area contributed by atoms with E-state index in [0.717, 1.165) is 5.56 Å². The second kappa shape index (κ2) is 5.06. The Morgan fingerprint density at radius 3 is 2.70 bits per heavy atom. The Morgan fingerprint density at radius 2 is 2.09 bits per heavy atom. The molecule has 0 bridgehead atoms. The molecule has 1 unspecified atom stereocenters. The Balaban J connectivity index is 1.70. The van der Waals surface area contributed by atoms with Crippen LogP contribution < -0.4 is 0 Å². The summed E-state index contributed by atoms with van der Waals surface area (Å²) in [4.78, 5) is 15.7. The van der Waals surface area contributed by atoms with E-state index in [0.29, 0.717) is 25.1 Å². The molecule has 2 aliphatic rings. The molecule has 0 spiro atoms. The Bertz CT molecular complexity index is 760. The zero-order valence-corrected chi connectivity index (χ0v) is 13.2.